The molecular weight excluding hydrogens is 224 g/mol. The van der Waals surface area contributed by atoms with Crippen molar-refractivity contribution < 1.29 is 4.42 Å². The molecule has 2 rings (SSSR count). The van der Waals surface area contributed by atoms with Crippen molar-refractivity contribution in [2.75, 3.05) is 0 Å². The maximum absolute atomic E-state index is 5.74. The Balaban J connectivity index is 2.52. The van der Waals surface area contributed by atoms with Gasteiger partial charge < -0.3 is 4.42 Å². The van der Waals surface area contributed by atoms with Gasteiger partial charge in [0, 0.05) is 5.56 Å². The number of hydrogen-bond donors (Lipinski definition) is 2. The van der Waals surface area contributed by atoms with Crippen molar-refractivity contribution in [3.05, 3.63) is 58.0 Å². The topological polar surface area (TPSA) is 51.2 Å². The minimum absolute atomic E-state index is 0.0256. The first-order valence-electron chi connectivity index (χ1n) is 6.13. The van der Waals surface area contributed by atoms with E-state index in [-0.39, 0.29) is 6.04 Å². The molecule has 1 heterocycles. The zero-order valence-corrected chi connectivity index (χ0v) is 11.4. The van der Waals surface area contributed by atoms with E-state index in [1.807, 2.05) is 19.9 Å². The van der Waals surface area contributed by atoms with Gasteiger partial charge in [-0.05, 0) is 38.8 Å². The molecule has 18 heavy (non-hydrogen) atoms. The number of hydrazine groups is 1. The predicted octanol–water partition coefficient (Wildman–Crippen LogP) is 3.07. The maximum Gasteiger partial charge on any atom is 0.106 e. The summed E-state index contributed by atoms with van der Waals surface area (Å²) in [6, 6.07) is 8.33. The highest BCUT2D eigenvalue weighted by Crippen LogP contribution is 2.31. The zero-order valence-electron chi connectivity index (χ0n) is 11.4. The summed E-state index contributed by atoms with van der Waals surface area (Å²) in [7, 11) is 0. The summed E-state index contributed by atoms with van der Waals surface area (Å²) in [5, 5.41) is 0. The number of benzene rings is 1. The van der Waals surface area contributed by atoms with Gasteiger partial charge in [-0.2, -0.15) is 0 Å². The van der Waals surface area contributed by atoms with E-state index in [2.05, 4.69) is 37.5 Å². The van der Waals surface area contributed by atoms with Gasteiger partial charge in [0.1, 0.15) is 11.5 Å². The molecule has 0 spiro atoms. The molecular formula is C15H20N2O. The fraction of sp³-hybridized carbons (Fsp3) is 0.333. The average Bonchev–Trinajstić information content (AvgIpc) is 2.57. The van der Waals surface area contributed by atoms with E-state index in [9.17, 15) is 0 Å². The summed E-state index contributed by atoms with van der Waals surface area (Å²) in [6.45, 7) is 8.11. The quantitative estimate of drug-likeness (QED) is 0.644. The van der Waals surface area contributed by atoms with Gasteiger partial charge in [-0.15, -0.1) is 0 Å². The monoisotopic (exact) mass is 244 g/mol. The average molecular weight is 244 g/mol. The van der Waals surface area contributed by atoms with Crippen LogP contribution in [-0.2, 0) is 0 Å². The molecule has 3 nitrogen and oxygen atoms in total. The molecule has 0 bridgehead atoms. The van der Waals surface area contributed by atoms with Crippen LogP contribution in [0.2, 0.25) is 0 Å². The van der Waals surface area contributed by atoms with Crippen molar-refractivity contribution in [3.8, 4) is 0 Å². The summed E-state index contributed by atoms with van der Waals surface area (Å²) in [5.41, 5.74) is 7.58. The molecule has 0 saturated carbocycles. The second kappa shape index (κ2) is 4.96. The normalized spacial score (nSPS) is 12.7. The lowest BCUT2D eigenvalue weighted by atomic mass is 9.95. The summed E-state index contributed by atoms with van der Waals surface area (Å²) in [4.78, 5) is 0. The lowest BCUT2D eigenvalue weighted by Gasteiger charge is -2.17. The maximum atomic E-state index is 5.74. The van der Waals surface area contributed by atoms with Crippen molar-refractivity contribution >= 4 is 0 Å². The number of furan rings is 1. The summed E-state index contributed by atoms with van der Waals surface area (Å²) in [5.74, 6) is 7.62. The van der Waals surface area contributed by atoms with Crippen LogP contribution >= 0.6 is 0 Å². The van der Waals surface area contributed by atoms with Gasteiger partial charge >= 0.3 is 0 Å². The summed E-state index contributed by atoms with van der Waals surface area (Å²) < 4.78 is 5.68. The van der Waals surface area contributed by atoms with Crippen molar-refractivity contribution in [1.82, 2.24) is 5.43 Å². The number of rotatable bonds is 3. The first-order valence-corrected chi connectivity index (χ1v) is 6.13. The van der Waals surface area contributed by atoms with E-state index in [1.165, 1.54) is 5.56 Å². The van der Waals surface area contributed by atoms with Crippen LogP contribution in [0.4, 0.5) is 0 Å². The molecule has 1 aromatic heterocycles. The molecule has 0 aliphatic heterocycles. The van der Waals surface area contributed by atoms with Crippen LogP contribution in [0.1, 0.15) is 39.8 Å². The molecule has 3 heteroatoms. The van der Waals surface area contributed by atoms with E-state index in [0.717, 1.165) is 28.2 Å². The van der Waals surface area contributed by atoms with Crippen LogP contribution in [0.5, 0.6) is 0 Å². The summed E-state index contributed by atoms with van der Waals surface area (Å²) in [6.07, 6.45) is 0. The van der Waals surface area contributed by atoms with E-state index in [0.29, 0.717) is 0 Å². The second-order valence-electron chi connectivity index (χ2n) is 4.77. The highest BCUT2D eigenvalue weighted by atomic mass is 16.3. The third-order valence-corrected chi connectivity index (χ3v) is 3.45. The van der Waals surface area contributed by atoms with Crippen LogP contribution in [0.3, 0.4) is 0 Å². The molecule has 0 amide bonds. The second-order valence-corrected chi connectivity index (χ2v) is 4.77. The van der Waals surface area contributed by atoms with Gasteiger partial charge in [-0.1, -0.05) is 29.8 Å². The van der Waals surface area contributed by atoms with Gasteiger partial charge in [-0.3, -0.25) is 5.84 Å². The number of nitrogens with two attached hydrogens (primary N) is 1. The molecule has 0 radical (unpaired) electrons. The minimum atomic E-state index is -0.0256. The van der Waals surface area contributed by atoms with Crippen molar-refractivity contribution in [2.45, 2.75) is 33.7 Å². The van der Waals surface area contributed by atoms with Crippen molar-refractivity contribution in [2.24, 2.45) is 5.84 Å². The van der Waals surface area contributed by atoms with Crippen LogP contribution in [0.15, 0.2) is 28.7 Å². The van der Waals surface area contributed by atoms with Gasteiger partial charge in [0.15, 0.2) is 0 Å². The third-order valence-electron chi connectivity index (χ3n) is 3.45. The first kappa shape index (κ1) is 12.9. The van der Waals surface area contributed by atoms with Gasteiger partial charge in [0.2, 0.25) is 0 Å². The fourth-order valence-electron chi connectivity index (χ4n) is 2.43. The molecule has 1 aromatic carbocycles. The first-order chi connectivity index (χ1) is 8.54. The van der Waals surface area contributed by atoms with Crippen molar-refractivity contribution in [3.63, 3.8) is 0 Å². The van der Waals surface area contributed by atoms with Gasteiger partial charge in [-0.25, -0.2) is 5.43 Å². The van der Waals surface area contributed by atoms with Crippen LogP contribution in [0.25, 0.3) is 0 Å². The Hall–Kier alpha value is -1.58. The highest BCUT2D eigenvalue weighted by Gasteiger charge is 2.21. The van der Waals surface area contributed by atoms with Gasteiger partial charge in [0.05, 0.1) is 6.04 Å². The fourth-order valence-corrected chi connectivity index (χ4v) is 2.43. The van der Waals surface area contributed by atoms with E-state index >= 15 is 0 Å². The predicted molar refractivity (Wildman–Crippen MR) is 73.3 cm³/mol. The lowest BCUT2D eigenvalue weighted by molar-refractivity contribution is 0.494. The van der Waals surface area contributed by atoms with Crippen LogP contribution < -0.4 is 11.3 Å². The molecule has 2 aromatic rings. The summed E-state index contributed by atoms with van der Waals surface area (Å²) >= 11 is 0. The Labute approximate surface area is 108 Å². The standard InChI is InChI=1S/C15H20N2O/c1-9-6-5-7-13(8-9)15(17-16)14-10(2)11(3)18-12(14)4/h5-8,15,17H,16H2,1-4H3. The van der Waals surface area contributed by atoms with Crippen LogP contribution in [0, 0.1) is 27.7 Å². The van der Waals surface area contributed by atoms with Crippen LogP contribution in [-0.4, -0.2) is 0 Å². The number of nitrogens with one attached hydrogen (secondary N) is 1. The van der Waals surface area contributed by atoms with Crippen molar-refractivity contribution in [1.29, 1.82) is 0 Å². The smallest absolute Gasteiger partial charge is 0.106 e. The lowest BCUT2D eigenvalue weighted by Crippen LogP contribution is -2.29. The Morgan fingerprint density at radius 2 is 1.83 bits per heavy atom. The molecule has 1 atom stereocenters. The van der Waals surface area contributed by atoms with E-state index in [4.69, 9.17) is 10.3 Å². The molecule has 0 saturated heterocycles. The Bertz CT molecular complexity index is 558. The van der Waals surface area contributed by atoms with E-state index in [1.54, 1.807) is 0 Å². The minimum Gasteiger partial charge on any atom is -0.466 e. The molecule has 96 valence electrons. The molecule has 3 N–H and O–H groups in total. The Morgan fingerprint density at radius 3 is 2.33 bits per heavy atom. The largest absolute Gasteiger partial charge is 0.466 e. The highest BCUT2D eigenvalue weighted by molar-refractivity contribution is 5.41. The molecule has 0 aliphatic rings. The number of hydrogen-bond acceptors (Lipinski definition) is 3. The Morgan fingerprint density at radius 1 is 1.11 bits per heavy atom. The third kappa shape index (κ3) is 2.19. The van der Waals surface area contributed by atoms with Gasteiger partial charge in [0.25, 0.3) is 0 Å². The molecule has 0 fully saturated rings. The Kier molecular flexibility index (Phi) is 3.55. The zero-order chi connectivity index (χ0) is 13.3. The SMILES string of the molecule is Cc1cccc(C(NN)c2c(C)oc(C)c2C)c1. The molecule has 0 aliphatic carbocycles. The number of aryl methyl sites for hydroxylation is 3. The molecule has 1 unspecified atom stereocenters. The van der Waals surface area contributed by atoms with E-state index < -0.39 is 0 Å².